The summed E-state index contributed by atoms with van der Waals surface area (Å²) < 4.78 is 71.1. The Morgan fingerprint density at radius 2 is 1.80 bits per heavy atom. The van der Waals surface area contributed by atoms with Gasteiger partial charge in [0.1, 0.15) is 22.6 Å². The van der Waals surface area contributed by atoms with Crippen molar-refractivity contribution in [2.45, 2.75) is 26.1 Å². The number of benzene rings is 2. The van der Waals surface area contributed by atoms with Crippen molar-refractivity contribution in [3.05, 3.63) is 82.3 Å². The molecule has 0 saturated heterocycles. The van der Waals surface area contributed by atoms with Crippen LogP contribution in [0.5, 0.6) is 17.2 Å². The molecule has 0 fully saturated rings. The molecule has 3 aromatic heterocycles. The highest BCUT2D eigenvalue weighted by Crippen LogP contribution is 2.40. The molecule has 0 atom stereocenters. The Kier molecular flexibility index (Phi) is 6.77. The molecule has 0 saturated carbocycles. The molecule has 2 aromatic carbocycles. The molecule has 5 rings (SSSR count). The lowest BCUT2D eigenvalue weighted by Crippen LogP contribution is -2.21. The average molecular weight is 571 g/mol. The van der Waals surface area contributed by atoms with Crippen molar-refractivity contribution in [3.63, 3.8) is 0 Å². The molecule has 3 N–H and O–H groups in total. The maximum Gasteiger partial charge on any atom is 0.434 e. The maximum absolute atomic E-state index is 15.4. The number of para-hydroxylation sites is 2. The summed E-state index contributed by atoms with van der Waals surface area (Å²) in [7, 11) is 1.27. The van der Waals surface area contributed by atoms with Gasteiger partial charge < -0.3 is 15.2 Å². The quantitative estimate of drug-likeness (QED) is 0.258. The lowest BCUT2D eigenvalue weighted by atomic mass is 10.0. The number of carbonyl (C=O) groups is 1. The molecule has 0 unspecified atom stereocenters. The number of hydrogen-bond donors (Lipinski definition) is 2. The summed E-state index contributed by atoms with van der Waals surface area (Å²) in [6.45, 7) is 3.55. The Labute approximate surface area is 228 Å². The van der Waals surface area contributed by atoms with E-state index in [4.69, 9.17) is 15.2 Å². The smallest absolute Gasteiger partial charge is 0.434 e. The van der Waals surface area contributed by atoms with Crippen molar-refractivity contribution in [2.75, 3.05) is 7.11 Å². The van der Waals surface area contributed by atoms with Gasteiger partial charge in [0.15, 0.2) is 28.7 Å². The summed E-state index contributed by atoms with van der Waals surface area (Å²) in [6, 6.07) is 10.2. The van der Waals surface area contributed by atoms with Crippen LogP contribution in [-0.4, -0.2) is 37.3 Å². The van der Waals surface area contributed by atoms with Crippen molar-refractivity contribution >= 4 is 17.1 Å². The van der Waals surface area contributed by atoms with Gasteiger partial charge in [-0.25, -0.2) is 18.9 Å². The maximum atomic E-state index is 15.4. The van der Waals surface area contributed by atoms with Crippen LogP contribution in [0.3, 0.4) is 0 Å². The van der Waals surface area contributed by atoms with Gasteiger partial charge in [-0.15, -0.1) is 0 Å². The highest BCUT2D eigenvalue weighted by Gasteiger charge is 2.43. The molecule has 0 bridgehead atoms. The van der Waals surface area contributed by atoms with Crippen LogP contribution in [0, 0.1) is 5.82 Å². The zero-order valence-electron chi connectivity index (χ0n) is 21.8. The summed E-state index contributed by atoms with van der Waals surface area (Å²) in [5.41, 5.74) is 2.34. The summed E-state index contributed by atoms with van der Waals surface area (Å²) in [6.07, 6.45) is -3.69. The van der Waals surface area contributed by atoms with Gasteiger partial charge in [0.2, 0.25) is 0 Å². The number of imidazole rings is 1. The van der Waals surface area contributed by atoms with Gasteiger partial charge in [0.05, 0.1) is 12.7 Å². The predicted molar refractivity (Wildman–Crippen MR) is 140 cm³/mol. The monoisotopic (exact) mass is 570 g/mol. The molecule has 41 heavy (non-hydrogen) atoms. The number of rotatable bonds is 7. The third kappa shape index (κ3) is 4.77. The number of aromatic amines is 1. The summed E-state index contributed by atoms with van der Waals surface area (Å²) in [5, 5.41) is 4.03. The van der Waals surface area contributed by atoms with Crippen LogP contribution >= 0.6 is 0 Å². The number of H-pyrrole nitrogens is 1. The molecule has 14 heteroatoms. The van der Waals surface area contributed by atoms with Crippen LogP contribution in [0.25, 0.3) is 28.1 Å². The van der Waals surface area contributed by atoms with Crippen molar-refractivity contribution in [1.29, 1.82) is 0 Å². The molecule has 0 spiro atoms. The number of methoxy groups -OCH3 is 1. The van der Waals surface area contributed by atoms with Gasteiger partial charge in [-0.1, -0.05) is 12.1 Å². The fourth-order valence-corrected chi connectivity index (χ4v) is 4.54. The van der Waals surface area contributed by atoms with E-state index in [2.05, 4.69) is 15.1 Å². The number of alkyl halides is 3. The second-order valence-corrected chi connectivity index (χ2v) is 9.17. The van der Waals surface area contributed by atoms with Crippen LogP contribution in [0.15, 0.2) is 59.5 Å². The molecule has 0 aliphatic rings. The highest BCUT2D eigenvalue weighted by molar-refractivity contribution is 6.00. The van der Waals surface area contributed by atoms with Crippen LogP contribution in [0.1, 0.15) is 35.9 Å². The second kappa shape index (κ2) is 10.1. The normalized spacial score (nSPS) is 11.8. The molecule has 3 heterocycles. The summed E-state index contributed by atoms with van der Waals surface area (Å²) in [5.74, 6) is -2.52. The molecular formula is C27H22F4N6O4. The highest BCUT2D eigenvalue weighted by atomic mass is 19.4. The number of hydrogen-bond acceptors (Lipinski definition) is 6. The number of primary amides is 1. The van der Waals surface area contributed by atoms with Crippen LogP contribution in [0.4, 0.5) is 17.6 Å². The zero-order chi connectivity index (χ0) is 29.6. The van der Waals surface area contributed by atoms with E-state index in [0.717, 1.165) is 6.07 Å². The largest absolute Gasteiger partial charge is 0.494 e. The van der Waals surface area contributed by atoms with E-state index in [1.165, 1.54) is 54.3 Å². The van der Waals surface area contributed by atoms with Gasteiger partial charge in [0, 0.05) is 23.9 Å². The fourth-order valence-electron chi connectivity index (χ4n) is 4.54. The van der Waals surface area contributed by atoms with Gasteiger partial charge in [-0.2, -0.15) is 18.3 Å². The molecule has 0 aliphatic heterocycles. The van der Waals surface area contributed by atoms with Gasteiger partial charge in [-0.3, -0.25) is 14.3 Å². The Bertz CT molecular complexity index is 1860. The third-order valence-electron chi connectivity index (χ3n) is 6.23. The first-order valence-electron chi connectivity index (χ1n) is 12.1. The molecule has 0 radical (unpaired) electrons. The number of halogens is 4. The van der Waals surface area contributed by atoms with Crippen molar-refractivity contribution in [3.8, 4) is 34.2 Å². The standard InChI is InChI=1S/C27H22F4N6O4/c1-13(2)36-22-19(10-11-33-25(22)34-26(36)39)41-17-9-8-14(12-15(17)28)21-20(24(32)38)23(27(29,30)31)37(35-21)16-6-4-5-7-18(16)40-3/h4-13H,1-3H3,(H2,32,38)(H,33,34,39). The SMILES string of the molecule is COc1ccccc1-n1nc(-c2ccc(Oc3ccnc4[nH]c(=O)n(C(C)C)c34)c(F)c2)c(C(N)=O)c1C(F)(F)F. The fraction of sp³-hybridized carbons (Fsp3) is 0.185. The minimum atomic E-state index is -5.06. The molecule has 1 amide bonds. The molecule has 212 valence electrons. The molecule has 0 aliphatic carbocycles. The number of nitrogens with zero attached hydrogens (tertiary/aromatic N) is 4. The molecule has 10 nitrogen and oxygen atoms in total. The van der Waals surface area contributed by atoms with Crippen molar-refractivity contribution < 1.29 is 31.8 Å². The number of nitrogens with one attached hydrogen (secondary N) is 1. The number of aromatic nitrogens is 5. The molecular weight excluding hydrogens is 548 g/mol. The Morgan fingerprint density at radius 3 is 2.44 bits per heavy atom. The minimum Gasteiger partial charge on any atom is -0.494 e. The van der Waals surface area contributed by atoms with E-state index >= 15 is 4.39 Å². The number of amides is 1. The first-order chi connectivity index (χ1) is 19.4. The summed E-state index contributed by atoms with van der Waals surface area (Å²) >= 11 is 0. The van der Waals surface area contributed by atoms with Crippen LogP contribution < -0.4 is 20.9 Å². The van der Waals surface area contributed by atoms with Gasteiger partial charge in [0.25, 0.3) is 5.91 Å². The molecule has 5 aromatic rings. The number of carbonyl (C=O) groups excluding carboxylic acids is 1. The van der Waals surface area contributed by atoms with Gasteiger partial charge in [-0.05, 0) is 44.2 Å². The van der Waals surface area contributed by atoms with E-state index < -0.39 is 40.5 Å². The van der Waals surface area contributed by atoms with Gasteiger partial charge >= 0.3 is 11.9 Å². The first-order valence-corrected chi connectivity index (χ1v) is 12.1. The Balaban J connectivity index is 1.64. The number of fused-ring (bicyclic) bond motifs is 1. The number of pyridine rings is 1. The number of ether oxygens (including phenoxy) is 2. The van der Waals surface area contributed by atoms with Crippen molar-refractivity contribution in [1.82, 2.24) is 24.3 Å². The Hall–Kier alpha value is -5.14. The lowest BCUT2D eigenvalue weighted by molar-refractivity contribution is -0.143. The average Bonchev–Trinajstić information content (AvgIpc) is 3.48. The van der Waals surface area contributed by atoms with E-state index in [9.17, 15) is 22.8 Å². The minimum absolute atomic E-state index is 0.0475. The third-order valence-corrected chi connectivity index (χ3v) is 6.23. The predicted octanol–water partition coefficient (Wildman–Crippen LogP) is 5.22. The first kappa shape index (κ1) is 27.4. The van der Waals surface area contributed by atoms with Crippen LogP contribution in [-0.2, 0) is 6.18 Å². The van der Waals surface area contributed by atoms with Crippen molar-refractivity contribution in [2.24, 2.45) is 5.73 Å². The lowest BCUT2D eigenvalue weighted by Gasteiger charge is -2.14. The summed E-state index contributed by atoms with van der Waals surface area (Å²) in [4.78, 5) is 31.5. The van der Waals surface area contributed by atoms with E-state index in [-0.39, 0.29) is 40.2 Å². The van der Waals surface area contributed by atoms with E-state index in [1.807, 2.05) is 0 Å². The van der Waals surface area contributed by atoms with Crippen LogP contribution in [0.2, 0.25) is 0 Å². The zero-order valence-corrected chi connectivity index (χ0v) is 21.8. The topological polar surface area (TPSA) is 130 Å². The second-order valence-electron chi connectivity index (χ2n) is 9.17. The van der Waals surface area contributed by atoms with E-state index in [1.54, 1.807) is 19.9 Å². The Morgan fingerprint density at radius 1 is 1.07 bits per heavy atom. The van der Waals surface area contributed by atoms with E-state index in [0.29, 0.717) is 10.2 Å². The number of nitrogens with two attached hydrogens (primary N) is 1.